The van der Waals surface area contributed by atoms with Crippen LogP contribution in [0.15, 0.2) is 82.5 Å². The van der Waals surface area contributed by atoms with Gasteiger partial charge in [-0.2, -0.15) is 5.43 Å². The number of ether oxygens (including phenoxy) is 1. The van der Waals surface area contributed by atoms with Gasteiger partial charge in [-0.15, -0.1) is 0 Å². The summed E-state index contributed by atoms with van der Waals surface area (Å²) < 4.78 is 12.4. The fraction of sp³-hybridized carbons (Fsp3) is 0.190. The molecule has 138 valence electrons. The molecule has 2 heterocycles. The van der Waals surface area contributed by atoms with Crippen LogP contribution in [0.2, 0.25) is 0 Å². The summed E-state index contributed by atoms with van der Waals surface area (Å²) in [6.45, 7) is 2.50. The standard InChI is InChI=1S/C21H21N3O3/c1-2-16-7-3-6-10-19(16)24-12-11-20(22-24)27-15-17-8-4-5-9-18(17)23-13-14-26-21(23)25/h3-14,20,22H,2,15H2,1H3. The zero-order valence-electron chi connectivity index (χ0n) is 15.0. The Bertz CT molecular complexity index is 1010. The summed E-state index contributed by atoms with van der Waals surface area (Å²) in [6.07, 6.45) is 7.65. The van der Waals surface area contributed by atoms with Gasteiger partial charge in [0.1, 0.15) is 12.5 Å². The molecule has 0 spiro atoms. The van der Waals surface area contributed by atoms with Gasteiger partial charge in [0.2, 0.25) is 0 Å². The third-order valence-corrected chi connectivity index (χ3v) is 4.55. The highest BCUT2D eigenvalue weighted by molar-refractivity contribution is 5.56. The first-order chi connectivity index (χ1) is 13.3. The second-order valence-corrected chi connectivity index (χ2v) is 6.22. The normalized spacial score (nSPS) is 16.2. The van der Waals surface area contributed by atoms with Crippen LogP contribution in [0.4, 0.5) is 5.69 Å². The van der Waals surface area contributed by atoms with Crippen molar-refractivity contribution in [2.45, 2.75) is 26.2 Å². The number of hydrazine groups is 1. The van der Waals surface area contributed by atoms with Crippen molar-refractivity contribution in [2.75, 3.05) is 5.01 Å². The van der Waals surface area contributed by atoms with Gasteiger partial charge >= 0.3 is 5.76 Å². The third kappa shape index (κ3) is 3.58. The summed E-state index contributed by atoms with van der Waals surface area (Å²) in [5, 5.41) is 1.98. The van der Waals surface area contributed by atoms with E-state index in [4.69, 9.17) is 9.15 Å². The molecule has 1 atom stereocenters. The van der Waals surface area contributed by atoms with Crippen LogP contribution in [0.5, 0.6) is 0 Å². The number of aromatic nitrogens is 1. The minimum atomic E-state index is -0.413. The number of nitrogens with one attached hydrogen (secondary N) is 1. The summed E-state index contributed by atoms with van der Waals surface area (Å²) >= 11 is 0. The molecule has 27 heavy (non-hydrogen) atoms. The van der Waals surface area contributed by atoms with Gasteiger partial charge < -0.3 is 9.15 Å². The van der Waals surface area contributed by atoms with Gasteiger partial charge in [0.05, 0.1) is 24.2 Å². The van der Waals surface area contributed by atoms with Gasteiger partial charge in [0.25, 0.3) is 0 Å². The van der Waals surface area contributed by atoms with Gasteiger partial charge in [0.15, 0.2) is 0 Å². The first-order valence-corrected chi connectivity index (χ1v) is 8.94. The maximum atomic E-state index is 11.8. The highest BCUT2D eigenvalue weighted by Gasteiger charge is 2.19. The average Bonchev–Trinajstić information content (AvgIpc) is 3.35. The second kappa shape index (κ2) is 7.65. The number of benzene rings is 2. The predicted molar refractivity (Wildman–Crippen MR) is 103 cm³/mol. The lowest BCUT2D eigenvalue weighted by Crippen LogP contribution is -2.37. The van der Waals surface area contributed by atoms with E-state index in [-0.39, 0.29) is 6.23 Å². The summed E-state index contributed by atoms with van der Waals surface area (Å²) in [4.78, 5) is 11.8. The van der Waals surface area contributed by atoms with E-state index in [1.54, 1.807) is 6.20 Å². The van der Waals surface area contributed by atoms with Crippen LogP contribution >= 0.6 is 0 Å². The number of oxazole rings is 1. The number of aryl methyl sites for hydroxylation is 1. The SMILES string of the molecule is CCc1ccccc1N1C=CC(OCc2ccccc2-n2ccoc2=O)N1. The Morgan fingerprint density at radius 3 is 2.56 bits per heavy atom. The Hall–Kier alpha value is -3.09. The second-order valence-electron chi connectivity index (χ2n) is 6.22. The van der Waals surface area contributed by atoms with Gasteiger partial charge in [-0.3, -0.25) is 5.01 Å². The molecule has 0 saturated carbocycles. The fourth-order valence-corrected chi connectivity index (χ4v) is 3.17. The lowest BCUT2D eigenvalue weighted by atomic mass is 10.1. The molecule has 0 radical (unpaired) electrons. The maximum absolute atomic E-state index is 11.8. The molecule has 1 N–H and O–H groups in total. The van der Waals surface area contributed by atoms with Crippen molar-refractivity contribution < 1.29 is 9.15 Å². The molecule has 2 aromatic carbocycles. The smallest absolute Gasteiger partial charge is 0.416 e. The monoisotopic (exact) mass is 363 g/mol. The quantitative estimate of drug-likeness (QED) is 0.728. The van der Waals surface area contributed by atoms with E-state index >= 15 is 0 Å². The molecule has 3 aromatic rings. The van der Waals surface area contributed by atoms with E-state index in [2.05, 4.69) is 24.5 Å². The van der Waals surface area contributed by atoms with Crippen molar-refractivity contribution >= 4 is 5.69 Å². The molecule has 1 unspecified atom stereocenters. The third-order valence-electron chi connectivity index (χ3n) is 4.55. The minimum absolute atomic E-state index is 0.246. The van der Waals surface area contributed by atoms with Crippen molar-refractivity contribution in [2.24, 2.45) is 0 Å². The lowest BCUT2D eigenvalue weighted by Gasteiger charge is -2.22. The van der Waals surface area contributed by atoms with E-state index < -0.39 is 5.76 Å². The zero-order chi connectivity index (χ0) is 18.6. The first kappa shape index (κ1) is 17.3. The summed E-state index contributed by atoms with van der Waals surface area (Å²) in [7, 11) is 0. The maximum Gasteiger partial charge on any atom is 0.423 e. The van der Waals surface area contributed by atoms with Crippen molar-refractivity contribution in [3.63, 3.8) is 0 Å². The Labute approximate surface area is 157 Å². The Balaban J connectivity index is 1.45. The van der Waals surface area contributed by atoms with Gasteiger partial charge in [-0.05, 0) is 30.2 Å². The van der Waals surface area contributed by atoms with Gasteiger partial charge in [0, 0.05) is 11.8 Å². The van der Waals surface area contributed by atoms with Crippen molar-refractivity contribution in [1.82, 2.24) is 9.99 Å². The topological polar surface area (TPSA) is 59.6 Å². The molecule has 4 rings (SSSR count). The molecule has 1 aliphatic heterocycles. The lowest BCUT2D eigenvalue weighted by molar-refractivity contribution is 0.0556. The summed E-state index contributed by atoms with van der Waals surface area (Å²) in [5.41, 5.74) is 7.37. The van der Waals surface area contributed by atoms with E-state index in [0.717, 1.165) is 23.4 Å². The van der Waals surface area contributed by atoms with E-state index in [1.807, 2.05) is 53.7 Å². The Morgan fingerprint density at radius 1 is 1.07 bits per heavy atom. The number of anilines is 1. The highest BCUT2D eigenvalue weighted by atomic mass is 16.5. The molecule has 0 saturated heterocycles. The largest absolute Gasteiger partial charge is 0.423 e. The molecule has 0 aliphatic carbocycles. The van der Waals surface area contributed by atoms with Crippen LogP contribution in [-0.4, -0.2) is 10.8 Å². The number of rotatable bonds is 6. The minimum Gasteiger partial charge on any atom is -0.416 e. The predicted octanol–water partition coefficient (Wildman–Crippen LogP) is 3.37. The van der Waals surface area contributed by atoms with Gasteiger partial charge in [-0.1, -0.05) is 43.3 Å². The number of nitrogens with zero attached hydrogens (tertiary/aromatic N) is 2. The van der Waals surface area contributed by atoms with Crippen LogP contribution in [0, 0.1) is 0 Å². The van der Waals surface area contributed by atoms with Crippen LogP contribution < -0.4 is 16.2 Å². The molecule has 0 amide bonds. The van der Waals surface area contributed by atoms with Crippen LogP contribution in [0.25, 0.3) is 5.69 Å². The number of hydrogen-bond donors (Lipinski definition) is 1. The molecule has 0 fully saturated rings. The summed E-state index contributed by atoms with van der Waals surface area (Å²) in [6, 6.07) is 15.9. The van der Waals surface area contributed by atoms with Crippen LogP contribution in [0.3, 0.4) is 0 Å². The summed E-state index contributed by atoms with van der Waals surface area (Å²) in [5.74, 6) is -0.413. The van der Waals surface area contributed by atoms with Crippen molar-refractivity contribution in [1.29, 1.82) is 0 Å². The molecule has 1 aliphatic rings. The zero-order valence-corrected chi connectivity index (χ0v) is 15.0. The number of para-hydroxylation sites is 2. The van der Waals surface area contributed by atoms with E-state index in [1.165, 1.54) is 16.4 Å². The highest BCUT2D eigenvalue weighted by Crippen LogP contribution is 2.23. The molecular formula is C21H21N3O3. The van der Waals surface area contributed by atoms with E-state index in [0.29, 0.717) is 6.61 Å². The fourth-order valence-electron chi connectivity index (χ4n) is 3.17. The van der Waals surface area contributed by atoms with Crippen molar-refractivity contribution in [3.05, 3.63) is 94.9 Å². The van der Waals surface area contributed by atoms with Crippen LogP contribution in [-0.2, 0) is 17.8 Å². The van der Waals surface area contributed by atoms with Gasteiger partial charge in [-0.25, -0.2) is 9.36 Å². The first-order valence-electron chi connectivity index (χ1n) is 8.94. The van der Waals surface area contributed by atoms with E-state index in [9.17, 15) is 4.79 Å². The number of hydrogen-bond acceptors (Lipinski definition) is 5. The molecule has 6 heteroatoms. The molecule has 1 aromatic heterocycles. The molecule has 6 nitrogen and oxygen atoms in total. The average molecular weight is 363 g/mol. The Kier molecular flexibility index (Phi) is 4.91. The molecular weight excluding hydrogens is 342 g/mol. The van der Waals surface area contributed by atoms with Crippen LogP contribution in [0.1, 0.15) is 18.1 Å². The molecule has 0 bridgehead atoms. The van der Waals surface area contributed by atoms with Crippen molar-refractivity contribution in [3.8, 4) is 5.69 Å². The Morgan fingerprint density at radius 2 is 1.81 bits per heavy atom.